The second-order valence-corrected chi connectivity index (χ2v) is 4.96. The summed E-state index contributed by atoms with van der Waals surface area (Å²) in [6.45, 7) is 0.477. The Morgan fingerprint density at radius 1 is 1.56 bits per heavy atom. The van der Waals surface area contributed by atoms with Gasteiger partial charge >= 0.3 is 0 Å². The van der Waals surface area contributed by atoms with Crippen molar-refractivity contribution in [3.63, 3.8) is 0 Å². The molecule has 1 saturated carbocycles. The number of rotatable bonds is 1. The third-order valence-corrected chi connectivity index (χ3v) is 3.60. The third kappa shape index (κ3) is 1.61. The fraction of sp³-hybridized carbons (Fsp3) is 0.636. The van der Waals surface area contributed by atoms with E-state index < -0.39 is 17.9 Å². The standard InChI is InChI=1S/C11H14F2N4O/c1-16-9-4-8(6-5-11(6,12)13)15-17(9)3-2-7(14)10(16)18/h4,6-7H,2-3,5,14H2,1H3/t6-,7?/m0/s1. The number of amides is 1. The minimum atomic E-state index is -2.64. The molecule has 98 valence electrons. The molecule has 0 spiro atoms. The molecular weight excluding hydrogens is 242 g/mol. The van der Waals surface area contributed by atoms with Crippen LogP contribution in [0.2, 0.25) is 0 Å². The van der Waals surface area contributed by atoms with Gasteiger partial charge in [-0.25, -0.2) is 13.5 Å². The Hall–Kier alpha value is -1.50. The van der Waals surface area contributed by atoms with E-state index in [1.807, 2.05) is 0 Å². The van der Waals surface area contributed by atoms with E-state index in [1.54, 1.807) is 17.8 Å². The molecular formula is C11H14F2N4O. The maximum Gasteiger partial charge on any atom is 0.257 e. The van der Waals surface area contributed by atoms with Crippen molar-refractivity contribution in [2.75, 3.05) is 11.9 Å². The van der Waals surface area contributed by atoms with Gasteiger partial charge in [-0.15, -0.1) is 0 Å². The minimum Gasteiger partial charge on any atom is -0.320 e. The van der Waals surface area contributed by atoms with Crippen LogP contribution in [0.25, 0.3) is 0 Å². The van der Waals surface area contributed by atoms with E-state index in [-0.39, 0.29) is 12.3 Å². The zero-order valence-corrected chi connectivity index (χ0v) is 9.94. The van der Waals surface area contributed by atoms with Gasteiger partial charge in [-0.2, -0.15) is 5.10 Å². The summed E-state index contributed by atoms with van der Waals surface area (Å²) in [6, 6.07) is 1.02. The second-order valence-electron chi connectivity index (χ2n) is 4.96. The Kier molecular flexibility index (Phi) is 2.25. The molecule has 1 aromatic heterocycles. The summed E-state index contributed by atoms with van der Waals surface area (Å²) in [4.78, 5) is 13.2. The van der Waals surface area contributed by atoms with E-state index in [1.165, 1.54) is 4.90 Å². The summed E-state index contributed by atoms with van der Waals surface area (Å²) < 4.78 is 27.6. The van der Waals surface area contributed by atoms with Crippen molar-refractivity contribution in [3.8, 4) is 0 Å². The first-order valence-corrected chi connectivity index (χ1v) is 5.89. The number of nitrogens with two attached hydrogens (primary N) is 1. The van der Waals surface area contributed by atoms with Gasteiger partial charge < -0.3 is 5.73 Å². The van der Waals surface area contributed by atoms with Crippen molar-refractivity contribution in [2.24, 2.45) is 5.73 Å². The van der Waals surface area contributed by atoms with Crippen molar-refractivity contribution in [3.05, 3.63) is 11.8 Å². The smallest absolute Gasteiger partial charge is 0.257 e. The molecule has 1 aliphatic heterocycles. The number of alkyl halides is 2. The average Bonchev–Trinajstić information content (AvgIpc) is 2.81. The molecule has 18 heavy (non-hydrogen) atoms. The summed E-state index contributed by atoms with van der Waals surface area (Å²) in [6.07, 6.45) is 0.318. The first-order chi connectivity index (χ1) is 8.40. The van der Waals surface area contributed by atoms with Crippen LogP contribution < -0.4 is 10.6 Å². The predicted molar refractivity (Wildman–Crippen MR) is 60.5 cm³/mol. The van der Waals surface area contributed by atoms with E-state index in [4.69, 9.17) is 5.73 Å². The lowest BCUT2D eigenvalue weighted by atomic mass is 10.2. The lowest BCUT2D eigenvalue weighted by molar-refractivity contribution is -0.119. The van der Waals surface area contributed by atoms with Crippen molar-refractivity contribution in [2.45, 2.75) is 37.3 Å². The summed E-state index contributed by atoms with van der Waals surface area (Å²) >= 11 is 0. The normalized spacial score (nSPS) is 30.0. The van der Waals surface area contributed by atoms with Crippen LogP contribution in [0.15, 0.2) is 6.07 Å². The Bertz CT molecular complexity index is 513. The first kappa shape index (κ1) is 11.6. The number of hydrogen-bond donors (Lipinski definition) is 1. The van der Waals surface area contributed by atoms with Crippen molar-refractivity contribution >= 4 is 11.7 Å². The van der Waals surface area contributed by atoms with Crippen molar-refractivity contribution < 1.29 is 13.6 Å². The number of halogens is 2. The fourth-order valence-corrected chi connectivity index (χ4v) is 2.31. The lowest BCUT2D eigenvalue weighted by Crippen LogP contribution is -2.40. The van der Waals surface area contributed by atoms with Gasteiger partial charge in [0.05, 0.1) is 17.7 Å². The molecule has 2 N–H and O–H groups in total. The zero-order valence-electron chi connectivity index (χ0n) is 9.94. The molecule has 1 amide bonds. The number of carbonyl (C=O) groups excluding carboxylic acids is 1. The van der Waals surface area contributed by atoms with Crippen LogP contribution in [0.1, 0.15) is 24.5 Å². The monoisotopic (exact) mass is 256 g/mol. The number of likely N-dealkylation sites (N-methyl/N-ethyl adjacent to an activating group) is 1. The van der Waals surface area contributed by atoms with Crippen LogP contribution >= 0.6 is 0 Å². The van der Waals surface area contributed by atoms with Crippen LogP contribution in [0.3, 0.4) is 0 Å². The second kappa shape index (κ2) is 3.50. The molecule has 0 bridgehead atoms. The molecule has 1 aliphatic carbocycles. The van der Waals surface area contributed by atoms with Crippen molar-refractivity contribution in [1.82, 2.24) is 9.78 Å². The Labute approximate surface area is 103 Å². The van der Waals surface area contributed by atoms with Gasteiger partial charge in [-0.1, -0.05) is 0 Å². The molecule has 0 aromatic carbocycles. The number of aryl methyl sites for hydroxylation is 1. The third-order valence-electron chi connectivity index (χ3n) is 3.60. The predicted octanol–water partition coefficient (Wildman–Crippen LogP) is 0.699. The van der Waals surface area contributed by atoms with Gasteiger partial charge in [0.25, 0.3) is 5.92 Å². The minimum absolute atomic E-state index is 0.152. The molecule has 2 aliphatic rings. The Balaban J connectivity index is 1.94. The molecule has 1 aromatic rings. The summed E-state index contributed by atoms with van der Waals surface area (Å²) in [5.74, 6) is -3.10. The molecule has 0 radical (unpaired) electrons. The highest BCUT2D eigenvalue weighted by Gasteiger charge is 2.59. The molecule has 2 atom stereocenters. The highest BCUT2D eigenvalue weighted by Crippen LogP contribution is 2.55. The Morgan fingerprint density at radius 2 is 2.22 bits per heavy atom. The zero-order chi connectivity index (χ0) is 13.1. The molecule has 1 unspecified atom stereocenters. The molecule has 7 heteroatoms. The fourth-order valence-electron chi connectivity index (χ4n) is 2.31. The van der Waals surface area contributed by atoms with Gasteiger partial charge in [-0.05, 0) is 6.42 Å². The molecule has 5 nitrogen and oxygen atoms in total. The quantitative estimate of drug-likeness (QED) is 0.804. The van der Waals surface area contributed by atoms with Gasteiger partial charge in [0.15, 0.2) is 0 Å². The van der Waals surface area contributed by atoms with Gasteiger partial charge in [0, 0.05) is 26.1 Å². The first-order valence-electron chi connectivity index (χ1n) is 5.89. The number of hydrogen-bond acceptors (Lipinski definition) is 3. The van der Waals surface area contributed by atoms with Crippen LogP contribution in [0.5, 0.6) is 0 Å². The average molecular weight is 256 g/mol. The van der Waals surface area contributed by atoms with E-state index >= 15 is 0 Å². The van der Waals surface area contributed by atoms with E-state index in [2.05, 4.69) is 5.10 Å². The molecule has 2 heterocycles. The van der Waals surface area contributed by atoms with Crippen molar-refractivity contribution in [1.29, 1.82) is 0 Å². The number of nitrogens with zero attached hydrogens (tertiary/aromatic N) is 3. The molecule has 0 saturated heterocycles. The maximum absolute atomic E-state index is 13.0. The van der Waals surface area contributed by atoms with Gasteiger partial charge in [0.1, 0.15) is 5.82 Å². The topological polar surface area (TPSA) is 64.2 Å². The van der Waals surface area contributed by atoms with Crippen LogP contribution in [-0.4, -0.2) is 34.7 Å². The molecule has 3 rings (SSSR count). The largest absolute Gasteiger partial charge is 0.320 e. The highest BCUT2D eigenvalue weighted by molar-refractivity contribution is 5.96. The number of carbonyl (C=O) groups is 1. The van der Waals surface area contributed by atoms with E-state index in [0.717, 1.165) is 0 Å². The highest BCUT2D eigenvalue weighted by atomic mass is 19.3. The number of fused-ring (bicyclic) bond motifs is 1. The Morgan fingerprint density at radius 3 is 2.83 bits per heavy atom. The molecule has 1 fully saturated rings. The van der Waals surface area contributed by atoms with Crippen LogP contribution in [0.4, 0.5) is 14.6 Å². The summed E-state index contributed by atoms with van der Waals surface area (Å²) in [7, 11) is 1.59. The summed E-state index contributed by atoms with van der Waals surface area (Å²) in [5, 5.41) is 4.17. The summed E-state index contributed by atoms with van der Waals surface area (Å²) in [5.41, 5.74) is 6.07. The van der Waals surface area contributed by atoms with Crippen LogP contribution in [0, 0.1) is 0 Å². The lowest BCUT2D eigenvalue weighted by Gasteiger charge is -2.16. The van der Waals surface area contributed by atoms with E-state index in [9.17, 15) is 13.6 Å². The van der Waals surface area contributed by atoms with Gasteiger partial charge in [-0.3, -0.25) is 9.69 Å². The van der Waals surface area contributed by atoms with E-state index in [0.29, 0.717) is 24.5 Å². The van der Waals surface area contributed by atoms with Gasteiger partial charge in [0.2, 0.25) is 5.91 Å². The maximum atomic E-state index is 13.0. The number of aromatic nitrogens is 2. The SMILES string of the molecule is CN1C(=O)C(N)CCn2nc([C@@H]3CC3(F)F)cc21. The van der Waals surface area contributed by atoms with Crippen LogP contribution in [-0.2, 0) is 11.3 Å². The number of anilines is 1.